The summed E-state index contributed by atoms with van der Waals surface area (Å²) >= 11 is 0. The highest BCUT2D eigenvalue weighted by atomic mass is 31.0. The molecule has 0 fully saturated rings. The predicted molar refractivity (Wildman–Crippen MR) is 54.6 cm³/mol. The lowest BCUT2D eigenvalue weighted by Crippen LogP contribution is -2.11. The molecule has 0 spiro atoms. The van der Waals surface area contributed by atoms with Crippen LogP contribution in [-0.2, 0) is 0 Å². The summed E-state index contributed by atoms with van der Waals surface area (Å²) in [6, 6.07) is 4.37. The SMILES string of the molecule is Cc1cc(P)c(P)cc1C. The average molecular weight is 170 g/mol. The first-order chi connectivity index (χ1) is 4.61. The Hall–Kier alpha value is 0.0800. The standard InChI is InChI=1S/C8H12P2/c1-5-3-7(9)8(10)4-6(5)2/h3-4H,9-10H2,1-2H3. The molecule has 0 saturated heterocycles. The molecule has 0 saturated carbocycles. The summed E-state index contributed by atoms with van der Waals surface area (Å²) in [6.45, 7) is 4.26. The number of hydrogen-bond donors (Lipinski definition) is 0. The van der Waals surface area contributed by atoms with E-state index in [-0.39, 0.29) is 0 Å². The van der Waals surface area contributed by atoms with Gasteiger partial charge < -0.3 is 0 Å². The molecule has 1 rings (SSSR count). The molecule has 0 radical (unpaired) electrons. The molecule has 1 aromatic rings. The van der Waals surface area contributed by atoms with Crippen molar-refractivity contribution >= 4 is 29.1 Å². The Morgan fingerprint density at radius 1 is 0.900 bits per heavy atom. The Labute approximate surface area is 66.8 Å². The summed E-state index contributed by atoms with van der Waals surface area (Å²) < 4.78 is 0. The average Bonchev–Trinajstić information content (AvgIpc) is 1.84. The zero-order chi connectivity index (χ0) is 7.72. The van der Waals surface area contributed by atoms with Crippen LogP contribution in [0.1, 0.15) is 11.1 Å². The van der Waals surface area contributed by atoms with Gasteiger partial charge in [-0.3, -0.25) is 0 Å². The first-order valence-electron chi connectivity index (χ1n) is 3.23. The second-order valence-corrected chi connectivity index (χ2v) is 3.81. The van der Waals surface area contributed by atoms with Gasteiger partial charge >= 0.3 is 0 Å². The maximum Gasteiger partial charge on any atom is -0.0229 e. The lowest BCUT2D eigenvalue weighted by molar-refractivity contribution is 1.36. The number of benzene rings is 1. The van der Waals surface area contributed by atoms with E-state index in [1.54, 1.807) is 0 Å². The molecule has 1 aromatic carbocycles. The minimum absolute atomic E-state index is 1.27. The predicted octanol–water partition coefficient (Wildman–Crippen LogP) is 1.30. The van der Waals surface area contributed by atoms with Crippen molar-refractivity contribution in [1.29, 1.82) is 0 Å². The number of aryl methyl sites for hydroxylation is 2. The van der Waals surface area contributed by atoms with E-state index in [0.717, 1.165) is 0 Å². The van der Waals surface area contributed by atoms with E-state index in [9.17, 15) is 0 Å². The van der Waals surface area contributed by atoms with Crippen LogP contribution in [0.3, 0.4) is 0 Å². The summed E-state index contributed by atoms with van der Waals surface area (Å²) in [5.74, 6) is 0. The normalized spacial score (nSPS) is 10.0. The minimum Gasteiger partial charge on any atom is -0.105 e. The highest BCUT2D eigenvalue weighted by molar-refractivity contribution is 7.35. The molecule has 2 heteroatoms. The molecule has 0 heterocycles. The van der Waals surface area contributed by atoms with Gasteiger partial charge in [-0.15, -0.1) is 18.5 Å². The topological polar surface area (TPSA) is 0 Å². The van der Waals surface area contributed by atoms with Crippen LogP contribution >= 0.6 is 18.5 Å². The fourth-order valence-electron chi connectivity index (χ4n) is 0.861. The molecule has 0 aliphatic carbocycles. The summed E-state index contributed by atoms with van der Waals surface area (Å²) in [5, 5.41) is 2.54. The molecule has 0 aromatic heterocycles. The molecule has 0 bridgehead atoms. The van der Waals surface area contributed by atoms with Crippen molar-refractivity contribution in [3.63, 3.8) is 0 Å². The van der Waals surface area contributed by atoms with Gasteiger partial charge in [-0.1, -0.05) is 12.1 Å². The van der Waals surface area contributed by atoms with Crippen LogP contribution in [0.5, 0.6) is 0 Å². The van der Waals surface area contributed by atoms with Gasteiger partial charge in [0.1, 0.15) is 0 Å². The highest BCUT2D eigenvalue weighted by Gasteiger charge is 1.95. The van der Waals surface area contributed by atoms with Crippen molar-refractivity contribution in [3.8, 4) is 0 Å². The van der Waals surface area contributed by atoms with Gasteiger partial charge in [0.05, 0.1) is 0 Å². The Morgan fingerprint density at radius 2 is 1.20 bits per heavy atom. The molecular formula is C8H12P2. The molecule has 0 nitrogen and oxygen atoms in total. The summed E-state index contributed by atoms with van der Waals surface area (Å²) in [6.07, 6.45) is 0. The van der Waals surface area contributed by atoms with Crippen LogP contribution in [0, 0.1) is 13.8 Å². The van der Waals surface area contributed by atoms with Crippen LogP contribution in [-0.4, -0.2) is 0 Å². The number of rotatable bonds is 0. The first kappa shape index (κ1) is 8.18. The van der Waals surface area contributed by atoms with Crippen LogP contribution in [0.2, 0.25) is 0 Å². The quantitative estimate of drug-likeness (QED) is 0.515. The smallest absolute Gasteiger partial charge is 0.0229 e. The first-order valence-corrected chi connectivity index (χ1v) is 4.39. The van der Waals surface area contributed by atoms with Crippen molar-refractivity contribution in [3.05, 3.63) is 23.3 Å². The molecule has 2 unspecified atom stereocenters. The fraction of sp³-hybridized carbons (Fsp3) is 0.250. The molecule has 0 amide bonds. The fourth-order valence-corrected chi connectivity index (χ4v) is 1.53. The Balaban J connectivity index is 3.28. The van der Waals surface area contributed by atoms with E-state index in [1.807, 2.05) is 0 Å². The summed E-state index contributed by atoms with van der Waals surface area (Å²) in [4.78, 5) is 0. The largest absolute Gasteiger partial charge is 0.105 e. The summed E-state index contributed by atoms with van der Waals surface area (Å²) in [7, 11) is 5.45. The third kappa shape index (κ3) is 1.57. The molecule has 0 aliphatic heterocycles. The zero-order valence-corrected chi connectivity index (χ0v) is 8.62. The van der Waals surface area contributed by atoms with E-state index in [1.165, 1.54) is 21.7 Å². The van der Waals surface area contributed by atoms with Crippen molar-refractivity contribution in [2.75, 3.05) is 0 Å². The third-order valence-corrected chi connectivity index (χ3v) is 3.03. The van der Waals surface area contributed by atoms with Crippen molar-refractivity contribution in [1.82, 2.24) is 0 Å². The summed E-state index contributed by atoms with van der Waals surface area (Å²) in [5.41, 5.74) is 2.72. The minimum atomic E-state index is 1.27. The Kier molecular flexibility index (Phi) is 2.45. The van der Waals surface area contributed by atoms with Crippen LogP contribution in [0.15, 0.2) is 12.1 Å². The van der Waals surface area contributed by atoms with Crippen LogP contribution < -0.4 is 10.6 Å². The number of hydrogen-bond acceptors (Lipinski definition) is 0. The van der Waals surface area contributed by atoms with Crippen molar-refractivity contribution < 1.29 is 0 Å². The second kappa shape index (κ2) is 2.99. The third-order valence-electron chi connectivity index (χ3n) is 1.70. The maximum atomic E-state index is 2.72. The second-order valence-electron chi connectivity index (χ2n) is 2.57. The molecule has 10 heavy (non-hydrogen) atoms. The van der Waals surface area contributed by atoms with Gasteiger partial charge in [0, 0.05) is 0 Å². The molecule has 0 N–H and O–H groups in total. The van der Waals surface area contributed by atoms with E-state index in [4.69, 9.17) is 0 Å². The van der Waals surface area contributed by atoms with Gasteiger partial charge in [-0.2, -0.15) is 0 Å². The van der Waals surface area contributed by atoms with Gasteiger partial charge in [-0.25, -0.2) is 0 Å². The monoisotopic (exact) mass is 170 g/mol. The lowest BCUT2D eigenvalue weighted by Gasteiger charge is -2.03. The van der Waals surface area contributed by atoms with Crippen molar-refractivity contribution in [2.24, 2.45) is 0 Å². The molecular weight excluding hydrogens is 158 g/mol. The van der Waals surface area contributed by atoms with E-state index < -0.39 is 0 Å². The van der Waals surface area contributed by atoms with E-state index in [2.05, 4.69) is 44.5 Å². The molecule has 0 aliphatic rings. The molecule has 2 atom stereocenters. The van der Waals surface area contributed by atoms with Crippen LogP contribution in [0.4, 0.5) is 0 Å². The van der Waals surface area contributed by atoms with E-state index >= 15 is 0 Å². The molecule has 54 valence electrons. The van der Waals surface area contributed by atoms with Gasteiger partial charge in [0.25, 0.3) is 0 Å². The highest BCUT2D eigenvalue weighted by Crippen LogP contribution is 2.05. The Morgan fingerprint density at radius 3 is 1.50 bits per heavy atom. The zero-order valence-electron chi connectivity index (χ0n) is 6.31. The van der Waals surface area contributed by atoms with Crippen LogP contribution in [0.25, 0.3) is 0 Å². The van der Waals surface area contributed by atoms with Gasteiger partial charge in [0.15, 0.2) is 0 Å². The maximum absolute atomic E-state index is 2.72. The van der Waals surface area contributed by atoms with Gasteiger partial charge in [-0.05, 0) is 35.6 Å². The Bertz CT molecular complexity index is 203. The van der Waals surface area contributed by atoms with E-state index in [0.29, 0.717) is 0 Å². The lowest BCUT2D eigenvalue weighted by atomic mass is 10.1. The van der Waals surface area contributed by atoms with Gasteiger partial charge in [0.2, 0.25) is 0 Å². The van der Waals surface area contributed by atoms with Crippen molar-refractivity contribution in [2.45, 2.75) is 13.8 Å².